The van der Waals surface area contributed by atoms with Crippen molar-refractivity contribution < 1.29 is 13.2 Å². The minimum Gasteiger partial charge on any atom is -0.381 e. The van der Waals surface area contributed by atoms with Crippen molar-refractivity contribution >= 4 is 21.4 Å². The third-order valence-electron chi connectivity index (χ3n) is 3.49. The van der Waals surface area contributed by atoms with Gasteiger partial charge in [-0.05, 0) is 24.8 Å². The van der Waals surface area contributed by atoms with Gasteiger partial charge in [0, 0.05) is 42.6 Å². The van der Waals surface area contributed by atoms with Crippen LogP contribution in [0.1, 0.15) is 31.6 Å². The summed E-state index contributed by atoms with van der Waals surface area (Å²) in [5, 5.41) is 4.99. The average Bonchev–Trinajstić information content (AvgIpc) is 3.07. The van der Waals surface area contributed by atoms with E-state index >= 15 is 0 Å². The topological polar surface area (TPSA) is 67.4 Å². The fraction of sp³-hybridized carbons (Fsp3) is 0.714. The molecule has 1 fully saturated rings. The number of rotatable bonds is 8. The van der Waals surface area contributed by atoms with Gasteiger partial charge in [-0.3, -0.25) is 0 Å². The Hall–Kier alpha value is -0.470. The molecule has 1 aliphatic heterocycles. The Morgan fingerprint density at radius 1 is 1.48 bits per heavy atom. The fourth-order valence-electron chi connectivity index (χ4n) is 2.19. The molecule has 2 rings (SSSR count). The smallest absolute Gasteiger partial charge is 0.241 e. The highest BCUT2D eigenvalue weighted by Gasteiger charge is 2.19. The second kappa shape index (κ2) is 7.69. The van der Waals surface area contributed by atoms with Gasteiger partial charge < -0.3 is 10.1 Å². The van der Waals surface area contributed by atoms with Crippen molar-refractivity contribution in [2.24, 2.45) is 5.92 Å². The molecule has 2 heterocycles. The van der Waals surface area contributed by atoms with Gasteiger partial charge in [0.25, 0.3) is 0 Å². The average molecular weight is 332 g/mol. The van der Waals surface area contributed by atoms with Gasteiger partial charge in [0.15, 0.2) is 0 Å². The Bertz CT molecular complexity index is 534. The minimum absolute atomic E-state index is 0.371. The predicted molar refractivity (Wildman–Crippen MR) is 85.0 cm³/mol. The van der Waals surface area contributed by atoms with Crippen molar-refractivity contribution in [2.75, 3.05) is 19.8 Å². The first-order valence-electron chi connectivity index (χ1n) is 7.35. The number of thiophene rings is 1. The zero-order valence-corrected chi connectivity index (χ0v) is 14.2. The molecule has 7 heteroatoms. The molecule has 21 heavy (non-hydrogen) atoms. The molecule has 5 nitrogen and oxygen atoms in total. The highest BCUT2D eigenvalue weighted by Crippen LogP contribution is 2.20. The monoisotopic (exact) mass is 332 g/mol. The number of sulfonamides is 1. The Morgan fingerprint density at radius 2 is 2.29 bits per heavy atom. The molecule has 2 N–H and O–H groups in total. The van der Waals surface area contributed by atoms with Gasteiger partial charge in [0.2, 0.25) is 10.0 Å². The van der Waals surface area contributed by atoms with E-state index in [0.29, 0.717) is 29.9 Å². The summed E-state index contributed by atoms with van der Waals surface area (Å²) in [7, 11) is -3.38. The maximum Gasteiger partial charge on any atom is 0.241 e. The molecular weight excluding hydrogens is 308 g/mol. The molecule has 1 unspecified atom stereocenters. The van der Waals surface area contributed by atoms with E-state index in [0.717, 1.165) is 30.9 Å². The van der Waals surface area contributed by atoms with E-state index in [-0.39, 0.29) is 0 Å². The first kappa shape index (κ1) is 16.9. The van der Waals surface area contributed by atoms with E-state index in [1.54, 1.807) is 11.4 Å². The molecule has 1 aliphatic rings. The van der Waals surface area contributed by atoms with E-state index in [1.807, 2.05) is 0 Å². The van der Waals surface area contributed by atoms with Crippen LogP contribution in [0.2, 0.25) is 0 Å². The molecule has 0 amide bonds. The first-order valence-corrected chi connectivity index (χ1v) is 9.72. The lowest BCUT2D eigenvalue weighted by Gasteiger charge is -2.08. The van der Waals surface area contributed by atoms with Crippen LogP contribution < -0.4 is 10.0 Å². The quantitative estimate of drug-likeness (QED) is 0.763. The van der Waals surface area contributed by atoms with Gasteiger partial charge in [-0.25, -0.2) is 13.1 Å². The number of hydrogen-bond acceptors (Lipinski definition) is 5. The van der Waals surface area contributed by atoms with Gasteiger partial charge in [-0.2, -0.15) is 0 Å². The molecule has 0 aromatic carbocycles. The zero-order chi connectivity index (χ0) is 15.3. The van der Waals surface area contributed by atoms with Crippen LogP contribution in [0.4, 0.5) is 0 Å². The summed E-state index contributed by atoms with van der Waals surface area (Å²) in [6, 6.07) is 2.14. The van der Waals surface area contributed by atoms with E-state index in [1.165, 1.54) is 11.3 Å². The van der Waals surface area contributed by atoms with Crippen molar-refractivity contribution in [3.8, 4) is 0 Å². The Kier molecular flexibility index (Phi) is 6.19. The summed E-state index contributed by atoms with van der Waals surface area (Å²) in [4.78, 5) is 1.41. The Labute approximate surface area is 131 Å². The zero-order valence-electron chi connectivity index (χ0n) is 12.6. The van der Waals surface area contributed by atoms with E-state index in [9.17, 15) is 8.42 Å². The molecule has 1 atom stereocenters. The van der Waals surface area contributed by atoms with Crippen LogP contribution in [-0.4, -0.2) is 34.2 Å². The lowest BCUT2D eigenvalue weighted by molar-refractivity contribution is 0.184. The third kappa shape index (κ3) is 5.34. The van der Waals surface area contributed by atoms with Gasteiger partial charge in [-0.1, -0.05) is 13.8 Å². The summed E-state index contributed by atoms with van der Waals surface area (Å²) < 4.78 is 32.4. The molecule has 120 valence electrons. The summed E-state index contributed by atoms with van der Waals surface area (Å²) in [6.45, 7) is 6.88. The molecule has 0 radical (unpaired) electrons. The number of nitrogens with one attached hydrogen (secondary N) is 2. The summed E-state index contributed by atoms with van der Waals surface area (Å²) in [6.07, 6.45) is 1.87. The Balaban J connectivity index is 1.83. The first-order chi connectivity index (χ1) is 9.97. The van der Waals surface area contributed by atoms with Crippen molar-refractivity contribution in [3.63, 3.8) is 0 Å². The molecule has 1 aromatic rings. The van der Waals surface area contributed by atoms with E-state index < -0.39 is 10.0 Å². The maximum atomic E-state index is 12.2. The van der Waals surface area contributed by atoms with E-state index in [4.69, 9.17) is 4.74 Å². The van der Waals surface area contributed by atoms with Crippen LogP contribution in [0.15, 0.2) is 16.3 Å². The fourth-order valence-corrected chi connectivity index (χ4v) is 4.46. The summed E-state index contributed by atoms with van der Waals surface area (Å²) in [5.74, 6) is 0.487. The van der Waals surface area contributed by atoms with Crippen LogP contribution in [0.5, 0.6) is 0 Å². The molecule has 0 spiro atoms. The predicted octanol–water partition coefficient (Wildman–Crippen LogP) is 1.95. The molecule has 0 saturated carbocycles. The van der Waals surface area contributed by atoms with Crippen molar-refractivity contribution in [2.45, 2.75) is 44.2 Å². The molecule has 1 saturated heterocycles. The molecular formula is C14H24N2O3S2. The van der Waals surface area contributed by atoms with Gasteiger partial charge in [-0.15, -0.1) is 11.3 Å². The SMILES string of the molecule is CC(C)NCc1cc(S(=O)(=O)NCCC2CCOC2)cs1. The summed E-state index contributed by atoms with van der Waals surface area (Å²) >= 11 is 1.48. The molecule has 0 aliphatic carbocycles. The van der Waals surface area contributed by atoms with Crippen molar-refractivity contribution in [1.82, 2.24) is 10.0 Å². The highest BCUT2D eigenvalue weighted by molar-refractivity contribution is 7.89. The lowest BCUT2D eigenvalue weighted by atomic mass is 10.1. The third-order valence-corrected chi connectivity index (χ3v) is 6.02. The molecule has 1 aromatic heterocycles. The van der Waals surface area contributed by atoms with Crippen LogP contribution in [0, 0.1) is 5.92 Å². The van der Waals surface area contributed by atoms with Gasteiger partial charge >= 0.3 is 0 Å². The van der Waals surface area contributed by atoms with Gasteiger partial charge in [0.05, 0.1) is 4.90 Å². The molecule has 0 bridgehead atoms. The van der Waals surface area contributed by atoms with E-state index in [2.05, 4.69) is 23.9 Å². The second-order valence-corrected chi connectivity index (χ2v) is 8.46. The van der Waals surface area contributed by atoms with Crippen LogP contribution >= 0.6 is 11.3 Å². The van der Waals surface area contributed by atoms with Crippen molar-refractivity contribution in [1.29, 1.82) is 0 Å². The van der Waals surface area contributed by atoms with Crippen molar-refractivity contribution in [3.05, 3.63) is 16.3 Å². The summed E-state index contributed by atoms with van der Waals surface area (Å²) in [5.41, 5.74) is 0. The van der Waals surface area contributed by atoms with Crippen LogP contribution in [-0.2, 0) is 21.3 Å². The van der Waals surface area contributed by atoms with Crippen LogP contribution in [0.25, 0.3) is 0 Å². The normalized spacial score (nSPS) is 19.5. The minimum atomic E-state index is -3.38. The Morgan fingerprint density at radius 3 is 2.95 bits per heavy atom. The maximum absolute atomic E-state index is 12.2. The largest absolute Gasteiger partial charge is 0.381 e. The lowest BCUT2D eigenvalue weighted by Crippen LogP contribution is -2.26. The van der Waals surface area contributed by atoms with Gasteiger partial charge in [0.1, 0.15) is 0 Å². The van der Waals surface area contributed by atoms with Crippen LogP contribution in [0.3, 0.4) is 0 Å². The second-order valence-electron chi connectivity index (χ2n) is 5.70. The number of ether oxygens (including phenoxy) is 1. The standard InChI is InChI=1S/C14H24N2O3S2/c1-11(2)15-8-13-7-14(10-20-13)21(17,18)16-5-3-12-4-6-19-9-12/h7,10-12,15-16H,3-6,8-9H2,1-2H3. The highest BCUT2D eigenvalue weighted by atomic mass is 32.2. The number of hydrogen-bond donors (Lipinski definition) is 2.